The summed E-state index contributed by atoms with van der Waals surface area (Å²) in [5, 5.41) is 14.9. The van der Waals surface area contributed by atoms with Crippen molar-refractivity contribution in [2.24, 2.45) is 0 Å². The number of carboxylic acids is 1. The monoisotopic (exact) mass is 273 g/mol. The molecule has 3 N–H and O–H groups in total. The highest BCUT2D eigenvalue weighted by Crippen LogP contribution is 2.34. The minimum atomic E-state index is -3.71. The van der Waals surface area contributed by atoms with E-state index >= 15 is 0 Å². The Labute approximate surface area is 105 Å². The maximum absolute atomic E-state index is 12.1. The number of carbonyl (C=O) groups is 1. The van der Waals surface area contributed by atoms with Crippen molar-refractivity contribution in [1.29, 1.82) is 0 Å². The molecule has 2 rings (SSSR count). The maximum Gasteiger partial charge on any atom is 0.305 e. The molecule has 0 atom stereocenters. The van der Waals surface area contributed by atoms with Gasteiger partial charge >= 0.3 is 5.97 Å². The van der Waals surface area contributed by atoms with Crippen LogP contribution >= 0.6 is 0 Å². The zero-order valence-electron chi connectivity index (χ0n) is 9.72. The number of sulfonamides is 1. The predicted octanol–water partition coefficient (Wildman–Crippen LogP) is 0.475. The Morgan fingerprint density at radius 3 is 2.67 bits per heavy atom. The molecule has 0 unspecified atom stereocenters. The van der Waals surface area contributed by atoms with Crippen molar-refractivity contribution in [2.45, 2.75) is 42.5 Å². The van der Waals surface area contributed by atoms with E-state index in [1.807, 2.05) is 0 Å². The van der Waals surface area contributed by atoms with Crippen molar-refractivity contribution < 1.29 is 18.3 Å². The van der Waals surface area contributed by atoms with Crippen LogP contribution in [0.25, 0.3) is 0 Å². The fourth-order valence-corrected chi connectivity index (χ4v) is 3.75. The summed E-state index contributed by atoms with van der Waals surface area (Å²) >= 11 is 0. The van der Waals surface area contributed by atoms with Gasteiger partial charge in [0.25, 0.3) is 0 Å². The summed E-state index contributed by atoms with van der Waals surface area (Å²) in [5.41, 5.74) is -0.859. The maximum atomic E-state index is 12.1. The van der Waals surface area contributed by atoms with E-state index in [0.29, 0.717) is 12.8 Å². The summed E-state index contributed by atoms with van der Waals surface area (Å²) in [6.07, 6.45) is 5.05. The Kier molecular flexibility index (Phi) is 3.40. The number of aromatic nitrogens is 2. The average Bonchev–Trinajstić information content (AvgIpc) is 2.86. The first-order chi connectivity index (χ1) is 8.44. The van der Waals surface area contributed by atoms with Gasteiger partial charge in [-0.15, -0.1) is 0 Å². The van der Waals surface area contributed by atoms with Crippen LogP contribution in [0.4, 0.5) is 0 Å². The fraction of sp³-hybridized carbons (Fsp3) is 0.600. The van der Waals surface area contributed by atoms with Gasteiger partial charge in [0.1, 0.15) is 4.90 Å². The highest BCUT2D eigenvalue weighted by atomic mass is 32.2. The Hall–Kier alpha value is -1.41. The van der Waals surface area contributed by atoms with Gasteiger partial charge in [-0.05, 0) is 12.8 Å². The molecule has 0 amide bonds. The molecule has 7 nitrogen and oxygen atoms in total. The van der Waals surface area contributed by atoms with Crippen LogP contribution in [-0.2, 0) is 14.8 Å². The van der Waals surface area contributed by atoms with Crippen molar-refractivity contribution in [1.82, 2.24) is 14.9 Å². The van der Waals surface area contributed by atoms with E-state index in [1.165, 1.54) is 12.4 Å². The molecule has 0 spiro atoms. The molecule has 1 aliphatic rings. The molecule has 0 saturated heterocycles. The van der Waals surface area contributed by atoms with Crippen molar-refractivity contribution >= 4 is 16.0 Å². The van der Waals surface area contributed by atoms with Crippen LogP contribution in [0.15, 0.2) is 17.3 Å². The van der Waals surface area contributed by atoms with Crippen LogP contribution in [0.1, 0.15) is 32.1 Å². The van der Waals surface area contributed by atoms with Crippen LogP contribution in [0.5, 0.6) is 0 Å². The van der Waals surface area contributed by atoms with E-state index in [4.69, 9.17) is 5.11 Å². The number of aliphatic carboxylic acids is 1. The van der Waals surface area contributed by atoms with Crippen molar-refractivity contribution in [2.75, 3.05) is 0 Å². The minimum absolute atomic E-state index is 0.0270. The van der Waals surface area contributed by atoms with Gasteiger partial charge in [-0.3, -0.25) is 9.89 Å². The molecule has 0 bridgehead atoms. The number of carboxylic acid groups (broad SMARTS) is 1. The first kappa shape index (κ1) is 13.0. The van der Waals surface area contributed by atoms with Crippen LogP contribution in [0.3, 0.4) is 0 Å². The van der Waals surface area contributed by atoms with Gasteiger partial charge in [0, 0.05) is 11.7 Å². The van der Waals surface area contributed by atoms with Crippen molar-refractivity contribution in [3.05, 3.63) is 12.4 Å². The molecule has 0 aliphatic heterocycles. The largest absolute Gasteiger partial charge is 0.481 e. The van der Waals surface area contributed by atoms with Crippen LogP contribution in [0, 0.1) is 0 Å². The lowest BCUT2D eigenvalue weighted by atomic mass is 9.95. The van der Waals surface area contributed by atoms with Gasteiger partial charge in [-0.25, -0.2) is 13.1 Å². The first-order valence-corrected chi connectivity index (χ1v) is 7.16. The third-order valence-electron chi connectivity index (χ3n) is 3.18. The lowest BCUT2D eigenvalue weighted by molar-refractivity contribution is -0.138. The summed E-state index contributed by atoms with van der Waals surface area (Å²) in [5.74, 6) is -0.994. The molecule has 1 fully saturated rings. The molecule has 8 heteroatoms. The normalized spacial score (nSPS) is 18.9. The molecular weight excluding hydrogens is 258 g/mol. The number of rotatable bonds is 5. The third-order valence-corrected chi connectivity index (χ3v) is 4.73. The molecule has 0 radical (unpaired) electrons. The zero-order chi connectivity index (χ0) is 13.2. The lowest BCUT2D eigenvalue weighted by Crippen LogP contribution is -2.47. The van der Waals surface area contributed by atoms with Gasteiger partial charge < -0.3 is 5.11 Å². The second-order valence-electron chi connectivity index (χ2n) is 4.60. The minimum Gasteiger partial charge on any atom is -0.481 e. The number of hydrogen-bond acceptors (Lipinski definition) is 4. The van der Waals surface area contributed by atoms with Gasteiger partial charge in [0.05, 0.1) is 12.6 Å². The topological polar surface area (TPSA) is 112 Å². The lowest BCUT2D eigenvalue weighted by Gasteiger charge is -2.27. The third kappa shape index (κ3) is 2.70. The summed E-state index contributed by atoms with van der Waals surface area (Å²) in [4.78, 5) is 10.9. The summed E-state index contributed by atoms with van der Waals surface area (Å²) < 4.78 is 26.7. The number of hydrogen-bond donors (Lipinski definition) is 3. The zero-order valence-corrected chi connectivity index (χ0v) is 10.5. The number of aromatic amines is 1. The number of nitrogens with zero attached hydrogens (tertiary/aromatic N) is 1. The van der Waals surface area contributed by atoms with Gasteiger partial charge in [0.15, 0.2) is 0 Å². The van der Waals surface area contributed by atoms with E-state index in [9.17, 15) is 13.2 Å². The summed E-state index contributed by atoms with van der Waals surface area (Å²) in [6.45, 7) is 0. The molecule has 1 aliphatic carbocycles. The predicted molar refractivity (Wildman–Crippen MR) is 62.4 cm³/mol. The van der Waals surface area contributed by atoms with E-state index in [-0.39, 0.29) is 11.3 Å². The van der Waals surface area contributed by atoms with Crippen molar-refractivity contribution in [3.8, 4) is 0 Å². The van der Waals surface area contributed by atoms with Crippen LogP contribution in [-0.4, -0.2) is 35.2 Å². The van der Waals surface area contributed by atoms with Gasteiger partial charge in [0.2, 0.25) is 10.0 Å². The Morgan fingerprint density at radius 1 is 1.50 bits per heavy atom. The number of nitrogens with one attached hydrogen (secondary N) is 2. The van der Waals surface area contributed by atoms with E-state index in [1.54, 1.807) is 0 Å². The van der Waals surface area contributed by atoms with Crippen molar-refractivity contribution in [3.63, 3.8) is 0 Å². The van der Waals surface area contributed by atoms with Gasteiger partial charge in [-0.1, -0.05) is 12.8 Å². The Balaban J connectivity index is 2.22. The first-order valence-electron chi connectivity index (χ1n) is 5.68. The summed E-state index contributed by atoms with van der Waals surface area (Å²) in [6, 6.07) is 0. The molecule has 100 valence electrons. The van der Waals surface area contributed by atoms with Gasteiger partial charge in [-0.2, -0.15) is 5.10 Å². The molecular formula is C10H15N3O4S. The average molecular weight is 273 g/mol. The molecule has 0 aromatic carbocycles. The SMILES string of the molecule is O=C(O)CC1(NS(=O)(=O)c2cn[nH]c2)CCCC1. The molecule has 1 aromatic rings. The Morgan fingerprint density at radius 2 is 2.17 bits per heavy atom. The second kappa shape index (κ2) is 4.69. The molecule has 18 heavy (non-hydrogen) atoms. The highest BCUT2D eigenvalue weighted by Gasteiger charge is 2.40. The quantitative estimate of drug-likeness (QED) is 0.722. The summed E-state index contributed by atoms with van der Waals surface area (Å²) in [7, 11) is -3.71. The molecule has 1 aromatic heterocycles. The highest BCUT2D eigenvalue weighted by molar-refractivity contribution is 7.89. The smallest absolute Gasteiger partial charge is 0.305 e. The van der Waals surface area contributed by atoms with E-state index < -0.39 is 21.5 Å². The fourth-order valence-electron chi connectivity index (χ4n) is 2.39. The molecule has 1 heterocycles. The number of H-pyrrole nitrogens is 1. The van der Waals surface area contributed by atoms with E-state index in [2.05, 4.69) is 14.9 Å². The Bertz CT molecular complexity index is 517. The standard InChI is InChI=1S/C10H15N3O4S/c14-9(15)5-10(3-1-2-4-10)13-18(16,17)8-6-11-12-7-8/h6-7,13H,1-5H2,(H,11,12)(H,14,15). The van der Waals surface area contributed by atoms with Crippen LogP contribution < -0.4 is 4.72 Å². The van der Waals surface area contributed by atoms with E-state index in [0.717, 1.165) is 12.8 Å². The van der Waals surface area contributed by atoms with Crippen LogP contribution in [0.2, 0.25) is 0 Å². The molecule has 1 saturated carbocycles. The second-order valence-corrected chi connectivity index (χ2v) is 6.28.